The Morgan fingerprint density at radius 2 is 1.86 bits per heavy atom. The van der Waals surface area contributed by atoms with Crippen molar-refractivity contribution in [1.29, 1.82) is 0 Å². The van der Waals surface area contributed by atoms with Crippen molar-refractivity contribution in [3.63, 3.8) is 0 Å². The van der Waals surface area contributed by atoms with Crippen LogP contribution in [0.4, 0.5) is 11.5 Å². The van der Waals surface area contributed by atoms with Gasteiger partial charge < -0.3 is 15.1 Å². The zero-order chi connectivity index (χ0) is 20.8. The summed E-state index contributed by atoms with van der Waals surface area (Å²) in [7, 11) is 0. The van der Waals surface area contributed by atoms with Crippen LogP contribution < -0.4 is 21.9 Å². The predicted octanol–water partition coefficient (Wildman–Crippen LogP) is 1.92. The van der Waals surface area contributed by atoms with Crippen molar-refractivity contribution in [2.24, 2.45) is 0 Å². The number of hydrogen-bond acceptors (Lipinski definition) is 7. The molecule has 0 unspecified atom stereocenters. The summed E-state index contributed by atoms with van der Waals surface area (Å²) in [6.07, 6.45) is 2.23. The first kappa shape index (κ1) is 20.4. The summed E-state index contributed by atoms with van der Waals surface area (Å²) in [6, 6.07) is 9.83. The lowest BCUT2D eigenvalue weighted by atomic mass is 10.2. The van der Waals surface area contributed by atoms with Gasteiger partial charge in [0.25, 0.3) is 5.56 Å². The Morgan fingerprint density at radius 1 is 1.14 bits per heavy atom. The van der Waals surface area contributed by atoms with Gasteiger partial charge in [0.2, 0.25) is 11.8 Å². The Balaban J connectivity index is 1.84. The molecule has 0 saturated heterocycles. The van der Waals surface area contributed by atoms with Gasteiger partial charge in [-0.05, 0) is 18.9 Å². The lowest BCUT2D eigenvalue weighted by Gasteiger charge is -2.23. The first-order valence-corrected chi connectivity index (χ1v) is 9.76. The molecule has 0 atom stereocenters. The molecular formula is C20H26N6O3. The normalized spacial score (nSPS) is 11.0. The van der Waals surface area contributed by atoms with Gasteiger partial charge in [0.15, 0.2) is 0 Å². The zero-order valence-corrected chi connectivity index (χ0v) is 16.7. The van der Waals surface area contributed by atoms with E-state index >= 15 is 0 Å². The van der Waals surface area contributed by atoms with Gasteiger partial charge in [-0.1, -0.05) is 43.7 Å². The highest BCUT2D eigenvalue weighted by Crippen LogP contribution is 2.19. The summed E-state index contributed by atoms with van der Waals surface area (Å²) in [5.41, 5.74) is 6.49. The van der Waals surface area contributed by atoms with Crippen LogP contribution in [0.3, 0.4) is 0 Å². The largest absolute Gasteiger partial charge is 0.423 e. The van der Waals surface area contributed by atoms with Crippen molar-refractivity contribution in [2.75, 3.05) is 17.2 Å². The lowest BCUT2D eigenvalue weighted by molar-refractivity contribution is 0.453. The Morgan fingerprint density at radius 3 is 2.55 bits per heavy atom. The molecule has 0 spiro atoms. The van der Waals surface area contributed by atoms with Gasteiger partial charge in [-0.3, -0.25) is 14.3 Å². The van der Waals surface area contributed by atoms with E-state index in [4.69, 9.17) is 10.2 Å². The standard InChI is InChI=1S/C20H26N6O3/c1-3-5-11-26-18(21)17(19(27)22-20(26)28)25(4-2)13-16-24-23-15(29-16)12-14-9-7-6-8-10-14/h6-10H,3-5,11-13,21H2,1-2H3,(H,22,27,28). The van der Waals surface area contributed by atoms with Crippen LogP contribution in [-0.4, -0.2) is 26.3 Å². The number of nitrogen functional groups attached to an aromatic ring is 1. The molecule has 0 aliphatic carbocycles. The molecule has 0 saturated carbocycles. The Bertz CT molecular complexity index is 1050. The summed E-state index contributed by atoms with van der Waals surface area (Å²) in [5.74, 6) is 1.03. The summed E-state index contributed by atoms with van der Waals surface area (Å²) < 4.78 is 7.15. The number of anilines is 2. The number of nitrogens with two attached hydrogens (primary N) is 1. The maximum Gasteiger partial charge on any atom is 0.330 e. The SMILES string of the molecule is CCCCn1c(N)c(N(CC)Cc2nnc(Cc3ccccc3)o2)c(=O)[nH]c1=O. The van der Waals surface area contributed by atoms with E-state index in [1.165, 1.54) is 4.57 Å². The fourth-order valence-corrected chi connectivity index (χ4v) is 3.13. The van der Waals surface area contributed by atoms with Crippen LogP contribution in [-0.2, 0) is 19.5 Å². The number of hydrogen-bond donors (Lipinski definition) is 2. The number of aromatic nitrogens is 4. The lowest BCUT2D eigenvalue weighted by Crippen LogP contribution is -2.38. The van der Waals surface area contributed by atoms with Crippen molar-refractivity contribution in [3.05, 3.63) is 68.5 Å². The third-order valence-corrected chi connectivity index (χ3v) is 4.68. The van der Waals surface area contributed by atoms with Crippen LogP contribution >= 0.6 is 0 Å². The van der Waals surface area contributed by atoms with E-state index in [0.717, 1.165) is 18.4 Å². The van der Waals surface area contributed by atoms with Crippen molar-refractivity contribution >= 4 is 11.5 Å². The van der Waals surface area contributed by atoms with Gasteiger partial charge in [-0.15, -0.1) is 10.2 Å². The van der Waals surface area contributed by atoms with Crippen LogP contribution in [0, 0.1) is 0 Å². The van der Waals surface area contributed by atoms with Crippen LogP contribution in [0.2, 0.25) is 0 Å². The van der Waals surface area contributed by atoms with Crippen LogP contribution in [0.25, 0.3) is 0 Å². The Labute approximate surface area is 168 Å². The van der Waals surface area contributed by atoms with Gasteiger partial charge in [0, 0.05) is 13.1 Å². The second-order valence-electron chi connectivity index (χ2n) is 6.76. The van der Waals surface area contributed by atoms with Crippen molar-refractivity contribution < 1.29 is 4.42 Å². The van der Waals surface area contributed by atoms with Crippen molar-refractivity contribution in [1.82, 2.24) is 19.7 Å². The fourth-order valence-electron chi connectivity index (χ4n) is 3.13. The van der Waals surface area contributed by atoms with Crippen molar-refractivity contribution in [3.8, 4) is 0 Å². The molecule has 1 aromatic carbocycles. The Hall–Kier alpha value is -3.36. The number of nitrogens with one attached hydrogen (secondary N) is 1. The van der Waals surface area contributed by atoms with Crippen LogP contribution in [0.15, 0.2) is 44.3 Å². The number of benzene rings is 1. The highest BCUT2D eigenvalue weighted by Gasteiger charge is 2.20. The number of H-pyrrole nitrogens is 1. The van der Waals surface area contributed by atoms with E-state index in [1.807, 2.05) is 44.2 Å². The van der Waals surface area contributed by atoms with E-state index < -0.39 is 11.2 Å². The van der Waals surface area contributed by atoms with E-state index in [2.05, 4.69) is 15.2 Å². The molecule has 0 radical (unpaired) electrons. The smallest absolute Gasteiger partial charge is 0.330 e. The molecule has 0 bridgehead atoms. The molecule has 154 valence electrons. The van der Waals surface area contributed by atoms with Gasteiger partial charge in [-0.25, -0.2) is 4.79 Å². The summed E-state index contributed by atoms with van der Waals surface area (Å²) in [5, 5.41) is 8.19. The molecule has 0 aliphatic heterocycles. The molecular weight excluding hydrogens is 372 g/mol. The molecule has 2 heterocycles. The molecule has 3 aromatic rings. The highest BCUT2D eigenvalue weighted by atomic mass is 16.4. The number of nitrogens with zero attached hydrogens (tertiary/aromatic N) is 4. The second kappa shape index (κ2) is 9.22. The first-order chi connectivity index (χ1) is 14.0. The number of aromatic amines is 1. The average molecular weight is 398 g/mol. The highest BCUT2D eigenvalue weighted by molar-refractivity contribution is 5.62. The minimum atomic E-state index is -0.522. The Kier molecular flexibility index (Phi) is 6.48. The van der Waals surface area contributed by atoms with E-state index in [1.54, 1.807) is 4.90 Å². The van der Waals surface area contributed by atoms with Crippen molar-refractivity contribution in [2.45, 2.75) is 46.2 Å². The first-order valence-electron chi connectivity index (χ1n) is 9.76. The fraction of sp³-hybridized carbons (Fsp3) is 0.400. The topological polar surface area (TPSA) is 123 Å². The number of rotatable bonds is 9. The van der Waals surface area contributed by atoms with Gasteiger partial charge >= 0.3 is 5.69 Å². The maximum atomic E-state index is 12.5. The number of unbranched alkanes of at least 4 members (excludes halogenated alkanes) is 1. The quantitative estimate of drug-likeness (QED) is 0.564. The van der Waals surface area contributed by atoms with E-state index in [9.17, 15) is 9.59 Å². The molecule has 3 N–H and O–H groups in total. The molecule has 29 heavy (non-hydrogen) atoms. The monoisotopic (exact) mass is 398 g/mol. The van der Waals surface area contributed by atoms with Gasteiger partial charge in [0.05, 0.1) is 13.0 Å². The molecule has 0 fully saturated rings. The molecule has 2 aromatic heterocycles. The maximum absolute atomic E-state index is 12.5. The third kappa shape index (κ3) is 4.74. The minimum Gasteiger partial charge on any atom is -0.423 e. The third-order valence-electron chi connectivity index (χ3n) is 4.68. The summed E-state index contributed by atoms with van der Waals surface area (Å²) >= 11 is 0. The van der Waals surface area contributed by atoms with E-state index in [-0.39, 0.29) is 18.1 Å². The molecule has 0 aliphatic rings. The molecule has 3 rings (SSSR count). The summed E-state index contributed by atoms with van der Waals surface area (Å²) in [4.78, 5) is 28.7. The predicted molar refractivity (Wildman–Crippen MR) is 111 cm³/mol. The van der Waals surface area contributed by atoms with Crippen LogP contribution in [0.1, 0.15) is 44.0 Å². The minimum absolute atomic E-state index is 0.151. The zero-order valence-electron chi connectivity index (χ0n) is 16.7. The second-order valence-corrected chi connectivity index (χ2v) is 6.76. The van der Waals surface area contributed by atoms with E-state index in [0.29, 0.717) is 31.3 Å². The van der Waals surface area contributed by atoms with Crippen LogP contribution in [0.5, 0.6) is 0 Å². The average Bonchev–Trinajstić information content (AvgIpc) is 3.14. The summed E-state index contributed by atoms with van der Waals surface area (Å²) in [6.45, 7) is 5.06. The molecule has 9 nitrogen and oxygen atoms in total. The molecule has 9 heteroatoms. The molecule has 0 amide bonds. The van der Waals surface area contributed by atoms with Gasteiger partial charge in [-0.2, -0.15) is 0 Å². The van der Waals surface area contributed by atoms with Gasteiger partial charge in [0.1, 0.15) is 11.5 Å².